The van der Waals surface area contributed by atoms with Crippen LogP contribution in [0, 0.1) is 11.3 Å². The number of fused-ring (bicyclic) bond motifs is 1. The maximum atomic E-state index is 12.9. The van der Waals surface area contributed by atoms with E-state index in [4.69, 9.17) is 10.1 Å². The van der Waals surface area contributed by atoms with Gasteiger partial charge >= 0.3 is 0 Å². The molecule has 0 saturated heterocycles. The molecule has 1 heterocycles. The molecular formula is C25H29N3O3S. The second-order valence-electron chi connectivity index (χ2n) is 8.71. The molecule has 0 bridgehead atoms. The van der Waals surface area contributed by atoms with E-state index in [0.29, 0.717) is 18.1 Å². The van der Waals surface area contributed by atoms with Gasteiger partial charge in [-0.05, 0) is 54.7 Å². The van der Waals surface area contributed by atoms with Crippen LogP contribution in [0.1, 0.15) is 42.1 Å². The zero-order valence-corrected chi connectivity index (χ0v) is 19.3. The molecule has 0 spiro atoms. The summed E-state index contributed by atoms with van der Waals surface area (Å²) in [5.41, 5.74) is 4.36. The van der Waals surface area contributed by atoms with Crippen molar-refractivity contribution in [1.82, 2.24) is 10.0 Å². The first-order valence-corrected chi connectivity index (χ1v) is 12.0. The quantitative estimate of drug-likeness (QED) is 0.417. The van der Waals surface area contributed by atoms with Crippen molar-refractivity contribution in [2.75, 3.05) is 13.7 Å². The number of amides is 1. The van der Waals surface area contributed by atoms with Gasteiger partial charge in [0.1, 0.15) is 10.5 Å². The standard InChI is InChI=1S/C25H29N3O3S/c1-25(10-11-25)32(30)28-24(29)22-6-4-3-5-21(22)18-7-8-19-13-17(16-31-23(19)15-18)14-20(27-2)9-12-26/h3-9,12,15,17,26-27H,10-11,13-14,16H2,1-2H3,(H,28,29)/b20-9-,26-12?. The van der Waals surface area contributed by atoms with Gasteiger partial charge < -0.3 is 20.0 Å². The molecule has 6 nitrogen and oxygen atoms in total. The molecule has 2 aromatic rings. The fraction of sp³-hybridized carbons (Fsp3) is 0.360. The first kappa shape index (κ1) is 22.4. The van der Waals surface area contributed by atoms with E-state index in [9.17, 15) is 9.35 Å². The molecule has 2 aliphatic rings. The van der Waals surface area contributed by atoms with Crippen molar-refractivity contribution < 1.29 is 14.1 Å². The van der Waals surface area contributed by atoms with Crippen LogP contribution in [0.5, 0.6) is 5.75 Å². The molecule has 32 heavy (non-hydrogen) atoms. The molecule has 1 saturated carbocycles. The number of allylic oxidation sites excluding steroid dienone is 2. The van der Waals surface area contributed by atoms with Crippen LogP contribution >= 0.6 is 0 Å². The molecule has 0 aromatic heterocycles. The summed E-state index contributed by atoms with van der Waals surface area (Å²) >= 11 is -1.38. The van der Waals surface area contributed by atoms with Crippen LogP contribution in [-0.4, -0.2) is 35.1 Å². The third-order valence-electron chi connectivity index (χ3n) is 6.23. The minimum Gasteiger partial charge on any atom is -0.593 e. The van der Waals surface area contributed by atoms with Gasteiger partial charge in [0, 0.05) is 37.7 Å². The van der Waals surface area contributed by atoms with Crippen LogP contribution < -0.4 is 14.8 Å². The molecule has 1 amide bonds. The average Bonchev–Trinajstić information content (AvgIpc) is 3.57. The number of carbonyl (C=O) groups is 1. The van der Waals surface area contributed by atoms with E-state index in [1.165, 1.54) is 6.21 Å². The first-order chi connectivity index (χ1) is 15.4. The van der Waals surface area contributed by atoms with Crippen molar-refractivity contribution in [3.8, 4) is 16.9 Å². The lowest BCUT2D eigenvalue weighted by Gasteiger charge is -2.26. The van der Waals surface area contributed by atoms with Crippen molar-refractivity contribution in [1.29, 1.82) is 5.41 Å². The minimum absolute atomic E-state index is 0.290. The van der Waals surface area contributed by atoms with E-state index >= 15 is 0 Å². The summed E-state index contributed by atoms with van der Waals surface area (Å²) in [6, 6.07) is 13.5. The highest BCUT2D eigenvalue weighted by atomic mass is 32.2. The van der Waals surface area contributed by atoms with Gasteiger partial charge in [0.15, 0.2) is 0 Å². The van der Waals surface area contributed by atoms with Gasteiger partial charge in [-0.25, -0.2) is 0 Å². The second kappa shape index (κ2) is 9.38. The van der Waals surface area contributed by atoms with Crippen molar-refractivity contribution in [3.63, 3.8) is 0 Å². The molecule has 3 N–H and O–H groups in total. The Hall–Kier alpha value is -2.77. The highest BCUT2D eigenvalue weighted by molar-refractivity contribution is 7.91. The highest BCUT2D eigenvalue weighted by Gasteiger charge is 2.51. The Morgan fingerprint density at radius 1 is 1.31 bits per heavy atom. The maximum absolute atomic E-state index is 12.9. The molecule has 4 rings (SSSR count). The number of hydrogen-bond donors (Lipinski definition) is 3. The molecular weight excluding hydrogens is 422 g/mol. The van der Waals surface area contributed by atoms with Crippen LogP contribution in [0.15, 0.2) is 54.2 Å². The number of hydrogen-bond acceptors (Lipinski definition) is 5. The largest absolute Gasteiger partial charge is 0.593 e. The van der Waals surface area contributed by atoms with Gasteiger partial charge in [0.05, 0.1) is 23.5 Å². The summed E-state index contributed by atoms with van der Waals surface area (Å²) < 4.78 is 20.9. The van der Waals surface area contributed by atoms with E-state index < -0.39 is 11.4 Å². The molecule has 1 aliphatic heterocycles. The van der Waals surface area contributed by atoms with Crippen LogP contribution in [0.3, 0.4) is 0 Å². The summed E-state index contributed by atoms with van der Waals surface area (Å²) in [5.74, 6) is 0.859. The van der Waals surface area contributed by atoms with Crippen molar-refractivity contribution in [2.24, 2.45) is 5.92 Å². The Morgan fingerprint density at radius 3 is 2.81 bits per heavy atom. The first-order valence-electron chi connectivity index (χ1n) is 10.9. The van der Waals surface area contributed by atoms with Gasteiger partial charge in [0.25, 0.3) is 5.91 Å². The SMILES string of the molecule is CN/C(=C\C=N)CC1COc2cc(-c3ccccc3C(=O)N[S+]([O-])C3(C)CC3)ccc2C1. The zero-order chi connectivity index (χ0) is 22.7. The fourth-order valence-electron chi connectivity index (χ4n) is 3.96. The van der Waals surface area contributed by atoms with Crippen molar-refractivity contribution >= 4 is 23.5 Å². The normalized spacial score (nSPS) is 19.8. The third-order valence-corrected chi connectivity index (χ3v) is 7.91. The number of nitrogens with one attached hydrogen (secondary N) is 3. The molecule has 168 valence electrons. The summed E-state index contributed by atoms with van der Waals surface area (Å²) in [5, 5.41) is 10.4. The zero-order valence-electron chi connectivity index (χ0n) is 18.4. The Labute approximate surface area is 192 Å². The Balaban J connectivity index is 1.52. The maximum Gasteiger partial charge on any atom is 0.292 e. The van der Waals surface area contributed by atoms with Gasteiger partial charge in [-0.2, -0.15) is 4.72 Å². The lowest BCUT2D eigenvalue weighted by molar-refractivity contribution is 0.0981. The van der Waals surface area contributed by atoms with Gasteiger partial charge in [0.2, 0.25) is 0 Å². The van der Waals surface area contributed by atoms with E-state index in [-0.39, 0.29) is 10.7 Å². The summed E-state index contributed by atoms with van der Waals surface area (Å²) in [6.07, 6.45) is 6.54. The molecule has 7 heteroatoms. The smallest absolute Gasteiger partial charge is 0.292 e. The third kappa shape index (κ3) is 4.84. The van der Waals surface area contributed by atoms with Gasteiger partial charge in [-0.15, -0.1) is 0 Å². The number of benzene rings is 2. The van der Waals surface area contributed by atoms with Crippen LogP contribution in [-0.2, 0) is 17.8 Å². The minimum atomic E-state index is -1.38. The Bertz CT molecular complexity index is 1050. The molecule has 2 unspecified atom stereocenters. The fourth-order valence-corrected chi connectivity index (χ4v) is 4.95. The number of ether oxygens (including phenoxy) is 1. The monoisotopic (exact) mass is 451 g/mol. The molecule has 2 aromatic carbocycles. The van der Waals surface area contributed by atoms with Crippen LogP contribution in [0.4, 0.5) is 0 Å². The predicted molar refractivity (Wildman–Crippen MR) is 128 cm³/mol. The molecule has 1 fully saturated rings. The second-order valence-corrected chi connectivity index (χ2v) is 10.4. The highest BCUT2D eigenvalue weighted by Crippen LogP contribution is 2.42. The van der Waals surface area contributed by atoms with E-state index in [2.05, 4.69) is 16.1 Å². The lowest BCUT2D eigenvalue weighted by Crippen LogP contribution is -2.38. The molecule has 0 radical (unpaired) electrons. The van der Waals surface area contributed by atoms with Crippen molar-refractivity contribution in [3.05, 3.63) is 65.4 Å². The van der Waals surface area contributed by atoms with Crippen LogP contribution in [0.2, 0.25) is 0 Å². The van der Waals surface area contributed by atoms with Crippen LogP contribution in [0.25, 0.3) is 11.1 Å². The Morgan fingerprint density at radius 2 is 2.09 bits per heavy atom. The molecule has 2 atom stereocenters. The Kier molecular flexibility index (Phi) is 6.58. The number of rotatable bonds is 8. The van der Waals surface area contributed by atoms with Gasteiger partial charge in [-0.1, -0.05) is 30.3 Å². The van der Waals surface area contributed by atoms with E-state index in [1.807, 2.05) is 44.3 Å². The average molecular weight is 452 g/mol. The van der Waals surface area contributed by atoms with Crippen molar-refractivity contribution in [2.45, 2.75) is 37.4 Å². The predicted octanol–water partition coefficient (Wildman–Crippen LogP) is 3.99. The van der Waals surface area contributed by atoms with E-state index in [1.54, 1.807) is 12.1 Å². The summed E-state index contributed by atoms with van der Waals surface area (Å²) in [4.78, 5) is 12.9. The van der Waals surface area contributed by atoms with E-state index in [0.717, 1.165) is 53.8 Å². The summed E-state index contributed by atoms with van der Waals surface area (Å²) in [7, 11) is 1.87. The summed E-state index contributed by atoms with van der Waals surface area (Å²) in [6.45, 7) is 2.54. The lowest BCUT2D eigenvalue weighted by atomic mass is 9.90. The van der Waals surface area contributed by atoms with Gasteiger partial charge in [-0.3, -0.25) is 4.79 Å². The number of carbonyl (C=O) groups excluding carboxylic acids is 1. The molecule has 1 aliphatic carbocycles. The topological polar surface area (TPSA) is 97.3 Å².